The maximum Gasteiger partial charge on any atom is 0.296 e. The SMILES string of the molecule is O=S(=O)(O)c1cc(Nc2nc(Nc3ncccn3)nc(N(CCO)CCO)n2)ccc1Nc1nc(Nc2ncccn2)nc(N(CCO)CCO)n1. The van der Waals surface area contributed by atoms with Crippen molar-refractivity contribution in [1.82, 2.24) is 49.8 Å². The normalized spacial score (nSPS) is 11.2. The Morgan fingerprint density at radius 3 is 1.35 bits per heavy atom. The van der Waals surface area contributed by atoms with Gasteiger partial charge in [0.2, 0.25) is 47.6 Å². The van der Waals surface area contributed by atoms with Crippen LogP contribution in [-0.2, 0) is 10.1 Å². The van der Waals surface area contributed by atoms with E-state index in [4.69, 9.17) is 0 Å². The van der Waals surface area contributed by atoms with Crippen molar-refractivity contribution in [2.45, 2.75) is 4.90 Å². The number of anilines is 10. The molecule has 0 fully saturated rings. The summed E-state index contributed by atoms with van der Waals surface area (Å²) in [7, 11) is -4.89. The van der Waals surface area contributed by atoms with Gasteiger partial charge >= 0.3 is 0 Å². The van der Waals surface area contributed by atoms with Crippen molar-refractivity contribution in [2.75, 3.05) is 83.7 Å². The number of aliphatic hydroxyl groups is 4. The lowest BCUT2D eigenvalue weighted by Gasteiger charge is -2.22. The molecule has 0 aliphatic rings. The zero-order valence-corrected chi connectivity index (χ0v) is 28.0. The van der Waals surface area contributed by atoms with Crippen molar-refractivity contribution in [2.24, 2.45) is 0 Å². The van der Waals surface area contributed by atoms with Crippen molar-refractivity contribution in [1.29, 1.82) is 0 Å². The Morgan fingerprint density at radius 2 is 0.942 bits per heavy atom. The Labute approximate surface area is 295 Å². The molecule has 0 atom stereocenters. The molecule has 0 aliphatic carbocycles. The molecule has 4 aromatic heterocycles. The summed E-state index contributed by atoms with van der Waals surface area (Å²) in [6.07, 6.45) is 5.98. The highest BCUT2D eigenvalue weighted by Crippen LogP contribution is 2.30. The number of aromatic nitrogens is 10. The van der Waals surface area contributed by atoms with Gasteiger partial charge in [0.25, 0.3) is 10.1 Å². The third-order valence-electron chi connectivity index (χ3n) is 6.63. The highest BCUT2D eigenvalue weighted by Gasteiger charge is 2.21. The van der Waals surface area contributed by atoms with Crippen LogP contribution in [0.15, 0.2) is 60.0 Å². The van der Waals surface area contributed by atoms with E-state index in [1.807, 2.05) is 0 Å². The molecule has 5 rings (SSSR count). The fourth-order valence-electron chi connectivity index (χ4n) is 4.44. The number of hydrogen-bond acceptors (Lipinski definition) is 22. The molecule has 0 unspecified atom stereocenters. The highest BCUT2D eigenvalue weighted by atomic mass is 32.2. The van der Waals surface area contributed by atoms with Gasteiger partial charge in [-0.1, -0.05) is 0 Å². The molecule has 52 heavy (non-hydrogen) atoms. The monoisotopic (exact) mass is 738 g/mol. The Morgan fingerprint density at radius 1 is 0.538 bits per heavy atom. The minimum atomic E-state index is -4.89. The van der Waals surface area contributed by atoms with E-state index in [-0.39, 0.29) is 112 Å². The smallest absolute Gasteiger partial charge is 0.296 e. The van der Waals surface area contributed by atoms with Crippen LogP contribution in [0.3, 0.4) is 0 Å². The zero-order valence-electron chi connectivity index (χ0n) is 27.2. The first-order chi connectivity index (χ1) is 25.2. The average molecular weight is 739 g/mol. The Kier molecular flexibility index (Phi) is 12.7. The number of rotatable bonds is 19. The van der Waals surface area contributed by atoms with Crippen LogP contribution >= 0.6 is 0 Å². The molecule has 0 spiro atoms. The van der Waals surface area contributed by atoms with Crippen LogP contribution in [0.4, 0.5) is 59.0 Å². The molecule has 9 N–H and O–H groups in total. The number of nitrogens with zero attached hydrogens (tertiary/aromatic N) is 12. The van der Waals surface area contributed by atoms with Gasteiger partial charge in [-0.3, -0.25) is 15.2 Å². The number of benzene rings is 1. The van der Waals surface area contributed by atoms with E-state index < -0.39 is 15.0 Å². The lowest BCUT2D eigenvalue weighted by atomic mass is 10.3. The molecule has 274 valence electrons. The topological polar surface area (TPSA) is 319 Å². The third kappa shape index (κ3) is 10.2. The second-order valence-corrected chi connectivity index (χ2v) is 11.7. The third-order valence-corrected chi connectivity index (χ3v) is 7.53. The summed E-state index contributed by atoms with van der Waals surface area (Å²) in [6.45, 7) is -0.876. The standard InChI is InChI=1S/C28H34N16O7S/c45-13-9-43(10-14-46)27-39-23(37-25(41-27)35-21-29-5-1-6-30-21)33-18-3-4-19(20(17-18)52(49,50)51)34-24-38-26(36-22-31-7-2-8-32-22)42-28(40-24)44(11-15-47)12-16-48/h1-8,17,45-48H,9-16H2,(H,49,50,51)(H2,29,30,33,35,37,39,41)(H2,31,32,34,36,38,40,42). The molecule has 0 bridgehead atoms. The Bertz CT molecular complexity index is 2010. The molecule has 0 radical (unpaired) electrons. The first kappa shape index (κ1) is 37.2. The van der Waals surface area contributed by atoms with E-state index in [1.54, 1.807) is 12.1 Å². The van der Waals surface area contributed by atoms with Crippen LogP contribution in [0, 0.1) is 0 Å². The average Bonchev–Trinajstić information content (AvgIpc) is 3.12. The first-order valence-corrected chi connectivity index (χ1v) is 16.8. The van der Waals surface area contributed by atoms with E-state index in [9.17, 15) is 33.4 Å². The Hall–Kier alpha value is -6.05. The van der Waals surface area contributed by atoms with E-state index in [0.29, 0.717) is 0 Å². The predicted molar refractivity (Wildman–Crippen MR) is 186 cm³/mol. The second kappa shape index (κ2) is 17.7. The highest BCUT2D eigenvalue weighted by molar-refractivity contribution is 7.86. The summed E-state index contributed by atoms with van der Waals surface area (Å²) in [5.41, 5.74) is -0.0231. The minimum Gasteiger partial charge on any atom is -0.395 e. The van der Waals surface area contributed by atoms with Crippen LogP contribution in [0.25, 0.3) is 0 Å². The van der Waals surface area contributed by atoms with Gasteiger partial charge in [0.05, 0.1) is 32.1 Å². The van der Waals surface area contributed by atoms with Gasteiger partial charge in [0.1, 0.15) is 4.90 Å². The molecular formula is C28H34N16O7S. The largest absolute Gasteiger partial charge is 0.395 e. The molecule has 0 aliphatic heterocycles. The molecule has 1 aromatic carbocycles. The summed E-state index contributed by atoms with van der Waals surface area (Å²) in [4.78, 5) is 44.7. The lowest BCUT2D eigenvalue weighted by Crippen LogP contribution is -2.31. The van der Waals surface area contributed by atoms with E-state index >= 15 is 0 Å². The van der Waals surface area contributed by atoms with Gasteiger partial charge in [-0.15, -0.1) is 0 Å². The summed E-state index contributed by atoms with van der Waals surface area (Å²) in [6, 6.07) is 7.11. The van der Waals surface area contributed by atoms with Crippen molar-refractivity contribution in [3.63, 3.8) is 0 Å². The lowest BCUT2D eigenvalue weighted by molar-refractivity contribution is 0.279. The van der Waals surface area contributed by atoms with Crippen molar-refractivity contribution >= 4 is 69.1 Å². The number of aliphatic hydroxyl groups excluding tert-OH is 4. The number of hydrogen-bond donors (Lipinski definition) is 9. The molecule has 4 heterocycles. The van der Waals surface area contributed by atoms with Crippen molar-refractivity contribution in [3.05, 3.63) is 55.1 Å². The maximum absolute atomic E-state index is 12.7. The predicted octanol–water partition coefficient (Wildman–Crippen LogP) is -0.560. The molecular weight excluding hydrogens is 704 g/mol. The van der Waals surface area contributed by atoms with Crippen LogP contribution in [-0.4, -0.2) is 136 Å². The van der Waals surface area contributed by atoms with Crippen LogP contribution < -0.4 is 31.1 Å². The fourth-order valence-corrected chi connectivity index (χ4v) is 5.11. The summed E-state index contributed by atoms with van der Waals surface area (Å²) < 4.78 is 35.6. The van der Waals surface area contributed by atoms with Crippen LogP contribution in [0.2, 0.25) is 0 Å². The van der Waals surface area contributed by atoms with Gasteiger partial charge in [-0.05, 0) is 30.3 Å². The van der Waals surface area contributed by atoms with E-state index in [1.165, 1.54) is 46.7 Å². The molecule has 0 saturated carbocycles. The zero-order chi connectivity index (χ0) is 36.9. The summed E-state index contributed by atoms with van der Waals surface area (Å²) >= 11 is 0. The Balaban J connectivity index is 1.50. The molecule has 24 heteroatoms. The van der Waals surface area contributed by atoms with Gasteiger partial charge in [-0.2, -0.15) is 38.3 Å². The quantitative estimate of drug-likeness (QED) is 0.0479. The molecule has 0 saturated heterocycles. The maximum atomic E-state index is 12.7. The summed E-state index contributed by atoms with van der Waals surface area (Å²) in [5.74, 6) is 0.0423. The second-order valence-electron chi connectivity index (χ2n) is 10.3. The van der Waals surface area contributed by atoms with Crippen molar-refractivity contribution < 1.29 is 33.4 Å². The molecule has 0 amide bonds. The van der Waals surface area contributed by atoms with Gasteiger partial charge < -0.3 is 40.9 Å². The van der Waals surface area contributed by atoms with E-state index in [0.717, 1.165) is 6.07 Å². The summed E-state index contributed by atoms with van der Waals surface area (Å²) in [5, 5.41) is 49.6. The molecule has 5 aromatic rings. The number of nitrogens with one attached hydrogen (secondary N) is 4. The fraction of sp³-hybridized carbons (Fsp3) is 0.286. The van der Waals surface area contributed by atoms with E-state index in [2.05, 4.69) is 71.1 Å². The van der Waals surface area contributed by atoms with Gasteiger partial charge in [-0.25, -0.2) is 19.9 Å². The first-order valence-electron chi connectivity index (χ1n) is 15.4. The molecule has 23 nitrogen and oxygen atoms in total. The minimum absolute atomic E-state index is 0.0121. The van der Waals surface area contributed by atoms with Gasteiger partial charge in [0.15, 0.2) is 0 Å². The van der Waals surface area contributed by atoms with Gasteiger partial charge in [0, 0.05) is 56.7 Å². The van der Waals surface area contributed by atoms with Crippen LogP contribution in [0.1, 0.15) is 0 Å². The van der Waals surface area contributed by atoms with Crippen LogP contribution in [0.5, 0.6) is 0 Å². The van der Waals surface area contributed by atoms with Crippen molar-refractivity contribution in [3.8, 4) is 0 Å².